The van der Waals surface area contributed by atoms with E-state index in [0.717, 1.165) is 22.6 Å². The van der Waals surface area contributed by atoms with Crippen LogP contribution in [0.3, 0.4) is 0 Å². The molecule has 0 amide bonds. The molecule has 0 radical (unpaired) electrons. The van der Waals surface area contributed by atoms with Gasteiger partial charge in [-0.2, -0.15) is 0 Å². The normalized spacial score (nSPS) is 12.4. The molecule has 0 saturated heterocycles. The minimum Gasteiger partial charge on any atom is -0.0925 e. The standard InChI is InChI=1S/C17H18Br2/c1-13-4-2-3-5-16(13)11-15(12-18)10-14-6-8-17(19)9-7-14/h2-9,15H,10-12H2,1H3. The quantitative estimate of drug-likeness (QED) is 0.595. The van der Waals surface area contributed by atoms with E-state index in [-0.39, 0.29) is 0 Å². The van der Waals surface area contributed by atoms with Crippen molar-refractivity contribution in [3.05, 3.63) is 69.7 Å². The lowest BCUT2D eigenvalue weighted by molar-refractivity contribution is 0.589. The Labute approximate surface area is 132 Å². The summed E-state index contributed by atoms with van der Waals surface area (Å²) in [6.45, 7) is 2.19. The molecule has 0 spiro atoms. The van der Waals surface area contributed by atoms with Gasteiger partial charge >= 0.3 is 0 Å². The summed E-state index contributed by atoms with van der Waals surface area (Å²) >= 11 is 7.14. The summed E-state index contributed by atoms with van der Waals surface area (Å²) in [6.07, 6.45) is 2.25. The number of benzene rings is 2. The van der Waals surface area contributed by atoms with Crippen molar-refractivity contribution in [2.24, 2.45) is 5.92 Å². The van der Waals surface area contributed by atoms with E-state index >= 15 is 0 Å². The predicted molar refractivity (Wildman–Crippen MR) is 90.0 cm³/mol. The molecular weight excluding hydrogens is 364 g/mol. The Morgan fingerprint density at radius 3 is 2.26 bits per heavy atom. The first kappa shape index (κ1) is 14.8. The fourth-order valence-corrected chi connectivity index (χ4v) is 3.01. The molecule has 0 aliphatic heterocycles. The molecule has 2 heteroatoms. The van der Waals surface area contributed by atoms with Gasteiger partial charge in [-0.25, -0.2) is 0 Å². The second-order valence-corrected chi connectivity index (χ2v) is 6.54. The minimum absolute atomic E-state index is 0.641. The van der Waals surface area contributed by atoms with Crippen molar-refractivity contribution in [1.82, 2.24) is 0 Å². The SMILES string of the molecule is Cc1ccccc1CC(CBr)Cc1ccc(Br)cc1. The Morgan fingerprint density at radius 2 is 1.63 bits per heavy atom. The van der Waals surface area contributed by atoms with E-state index in [4.69, 9.17) is 0 Å². The van der Waals surface area contributed by atoms with E-state index in [1.165, 1.54) is 16.7 Å². The van der Waals surface area contributed by atoms with Gasteiger partial charge in [-0.1, -0.05) is 68.3 Å². The van der Waals surface area contributed by atoms with E-state index < -0.39 is 0 Å². The lowest BCUT2D eigenvalue weighted by Gasteiger charge is -2.16. The van der Waals surface area contributed by atoms with Gasteiger partial charge in [-0.05, 0) is 54.5 Å². The summed E-state index contributed by atoms with van der Waals surface area (Å²) in [7, 11) is 0. The fraction of sp³-hybridized carbons (Fsp3) is 0.294. The molecule has 2 aromatic carbocycles. The van der Waals surface area contributed by atoms with Crippen molar-refractivity contribution in [1.29, 1.82) is 0 Å². The first-order valence-electron chi connectivity index (χ1n) is 6.54. The van der Waals surface area contributed by atoms with Crippen LogP contribution >= 0.6 is 31.9 Å². The van der Waals surface area contributed by atoms with Crippen molar-refractivity contribution in [2.45, 2.75) is 19.8 Å². The molecule has 1 atom stereocenters. The van der Waals surface area contributed by atoms with E-state index in [9.17, 15) is 0 Å². The van der Waals surface area contributed by atoms with Crippen LogP contribution in [0.4, 0.5) is 0 Å². The van der Waals surface area contributed by atoms with Crippen LogP contribution in [0, 0.1) is 12.8 Å². The molecule has 0 aromatic heterocycles. The Morgan fingerprint density at radius 1 is 0.947 bits per heavy atom. The Balaban J connectivity index is 2.05. The molecule has 100 valence electrons. The molecule has 0 bridgehead atoms. The monoisotopic (exact) mass is 380 g/mol. The third-order valence-electron chi connectivity index (χ3n) is 3.43. The predicted octanol–water partition coefficient (Wildman–Crippen LogP) is 5.55. The molecule has 0 aliphatic carbocycles. The first-order chi connectivity index (χ1) is 9.19. The maximum Gasteiger partial charge on any atom is 0.0175 e. The van der Waals surface area contributed by atoms with Crippen molar-refractivity contribution in [2.75, 3.05) is 5.33 Å². The van der Waals surface area contributed by atoms with E-state index in [1.807, 2.05) is 0 Å². The van der Waals surface area contributed by atoms with Gasteiger partial charge in [0, 0.05) is 9.80 Å². The van der Waals surface area contributed by atoms with Crippen LogP contribution in [0.15, 0.2) is 53.0 Å². The highest BCUT2D eigenvalue weighted by molar-refractivity contribution is 9.10. The van der Waals surface area contributed by atoms with Crippen LogP contribution in [-0.4, -0.2) is 5.33 Å². The number of hydrogen-bond donors (Lipinski definition) is 0. The molecule has 1 unspecified atom stereocenters. The smallest absolute Gasteiger partial charge is 0.0175 e. The highest BCUT2D eigenvalue weighted by Gasteiger charge is 2.10. The second-order valence-electron chi connectivity index (χ2n) is 4.98. The maximum atomic E-state index is 3.66. The summed E-state index contributed by atoms with van der Waals surface area (Å²) in [6, 6.07) is 17.3. The molecule has 0 heterocycles. The second kappa shape index (κ2) is 7.25. The van der Waals surface area contributed by atoms with Crippen LogP contribution in [0.25, 0.3) is 0 Å². The molecule has 2 rings (SSSR count). The van der Waals surface area contributed by atoms with Crippen LogP contribution < -0.4 is 0 Å². The average molecular weight is 382 g/mol. The van der Waals surface area contributed by atoms with Gasteiger partial charge < -0.3 is 0 Å². The molecule has 19 heavy (non-hydrogen) atoms. The number of rotatable bonds is 5. The molecule has 0 N–H and O–H groups in total. The van der Waals surface area contributed by atoms with Gasteiger partial charge in [-0.3, -0.25) is 0 Å². The first-order valence-corrected chi connectivity index (χ1v) is 8.45. The summed E-state index contributed by atoms with van der Waals surface area (Å²) in [5.41, 5.74) is 4.26. The Bertz CT molecular complexity index is 517. The number of aryl methyl sites for hydroxylation is 1. The van der Waals surface area contributed by atoms with E-state index in [2.05, 4.69) is 87.3 Å². The number of alkyl halides is 1. The van der Waals surface area contributed by atoms with Crippen LogP contribution in [-0.2, 0) is 12.8 Å². The van der Waals surface area contributed by atoms with Crippen LogP contribution in [0.2, 0.25) is 0 Å². The third-order valence-corrected chi connectivity index (χ3v) is 4.87. The van der Waals surface area contributed by atoms with Crippen molar-refractivity contribution in [3.63, 3.8) is 0 Å². The zero-order valence-electron chi connectivity index (χ0n) is 11.1. The van der Waals surface area contributed by atoms with Crippen molar-refractivity contribution >= 4 is 31.9 Å². The van der Waals surface area contributed by atoms with Crippen LogP contribution in [0.1, 0.15) is 16.7 Å². The third kappa shape index (κ3) is 4.47. The lowest BCUT2D eigenvalue weighted by Crippen LogP contribution is -2.10. The van der Waals surface area contributed by atoms with Gasteiger partial charge in [0.1, 0.15) is 0 Å². The summed E-state index contributed by atoms with van der Waals surface area (Å²) < 4.78 is 1.14. The Hall–Kier alpha value is -0.600. The summed E-state index contributed by atoms with van der Waals surface area (Å²) in [5, 5.41) is 1.04. The van der Waals surface area contributed by atoms with Gasteiger partial charge in [0.25, 0.3) is 0 Å². The van der Waals surface area contributed by atoms with Gasteiger partial charge in [0.05, 0.1) is 0 Å². The average Bonchev–Trinajstić information content (AvgIpc) is 2.43. The fourth-order valence-electron chi connectivity index (χ4n) is 2.29. The summed E-state index contributed by atoms with van der Waals surface area (Å²) in [5.74, 6) is 0.641. The molecule has 0 saturated carbocycles. The highest BCUT2D eigenvalue weighted by atomic mass is 79.9. The lowest BCUT2D eigenvalue weighted by atomic mass is 9.92. The zero-order chi connectivity index (χ0) is 13.7. The van der Waals surface area contributed by atoms with Gasteiger partial charge in [0.2, 0.25) is 0 Å². The highest BCUT2D eigenvalue weighted by Crippen LogP contribution is 2.20. The molecule has 0 fully saturated rings. The van der Waals surface area contributed by atoms with Crippen molar-refractivity contribution < 1.29 is 0 Å². The molecule has 2 aromatic rings. The molecule has 0 nitrogen and oxygen atoms in total. The van der Waals surface area contributed by atoms with E-state index in [0.29, 0.717) is 5.92 Å². The van der Waals surface area contributed by atoms with E-state index in [1.54, 1.807) is 0 Å². The molecule has 0 aliphatic rings. The molecular formula is C17H18Br2. The Kier molecular flexibility index (Phi) is 5.65. The number of hydrogen-bond acceptors (Lipinski definition) is 0. The largest absolute Gasteiger partial charge is 0.0925 e. The number of halogens is 2. The maximum absolute atomic E-state index is 3.66. The van der Waals surface area contributed by atoms with Gasteiger partial charge in [-0.15, -0.1) is 0 Å². The summed E-state index contributed by atoms with van der Waals surface area (Å²) in [4.78, 5) is 0. The van der Waals surface area contributed by atoms with Crippen LogP contribution in [0.5, 0.6) is 0 Å². The van der Waals surface area contributed by atoms with Gasteiger partial charge in [0.15, 0.2) is 0 Å². The van der Waals surface area contributed by atoms with Crippen molar-refractivity contribution in [3.8, 4) is 0 Å². The zero-order valence-corrected chi connectivity index (χ0v) is 14.2. The topological polar surface area (TPSA) is 0 Å². The minimum atomic E-state index is 0.641.